The maximum absolute atomic E-state index is 11.6. The Bertz CT molecular complexity index is 424. The minimum absolute atomic E-state index is 0.0584. The molecule has 0 bridgehead atoms. The monoisotopic (exact) mass is 247 g/mol. The summed E-state index contributed by atoms with van der Waals surface area (Å²) in [4.78, 5) is 11.6. The number of carbonyl (C=O) groups excluding carboxylic acids is 1. The van der Waals surface area contributed by atoms with Crippen molar-refractivity contribution in [3.05, 3.63) is 35.9 Å². The topological polar surface area (TPSA) is 47.6 Å². The van der Waals surface area contributed by atoms with Gasteiger partial charge in [-0.3, -0.25) is 0 Å². The third-order valence-corrected chi connectivity index (χ3v) is 3.69. The second-order valence-corrected chi connectivity index (χ2v) is 5.06. The van der Waals surface area contributed by atoms with E-state index in [1.807, 2.05) is 18.2 Å². The van der Waals surface area contributed by atoms with Crippen molar-refractivity contribution in [1.82, 2.24) is 5.32 Å². The quantitative estimate of drug-likeness (QED) is 0.883. The first-order chi connectivity index (χ1) is 8.78. The van der Waals surface area contributed by atoms with Crippen LogP contribution in [0.2, 0.25) is 0 Å². The highest BCUT2D eigenvalue weighted by Crippen LogP contribution is 2.47. The first kappa shape index (κ1) is 11.5. The fourth-order valence-electron chi connectivity index (χ4n) is 2.23. The average Bonchev–Trinajstić information content (AvgIpc) is 3.14. The number of nitrogens with one attached hydrogen (secondary N) is 1. The zero-order chi connectivity index (χ0) is 12.4. The number of alkyl carbamates (subject to hydrolysis) is 1. The van der Waals surface area contributed by atoms with Crippen LogP contribution in [0.4, 0.5) is 4.79 Å². The van der Waals surface area contributed by atoms with Gasteiger partial charge >= 0.3 is 6.09 Å². The fourth-order valence-corrected chi connectivity index (χ4v) is 2.23. The number of benzene rings is 1. The van der Waals surface area contributed by atoms with Crippen LogP contribution in [0.1, 0.15) is 18.4 Å². The molecule has 1 saturated carbocycles. The molecule has 0 spiro atoms. The van der Waals surface area contributed by atoms with Gasteiger partial charge in [-0.25, -0.2) is 4.79 Å². The molecule has 0 atom stereocenters. The molecule has 96 valence electrons. The van der Waals surface area contributed by atoms with E-state index in [-0.39, 0.29) is 17.6 Å². The minimum atomic E-state index is -0.328. The Kier molecular flexibility index (Phi) is 2.96. The van der Waals surface area contributed by atoms with E-state index in [2.05, 4.69) is 17.4 Å². The predicted molar refractivity (Wildman–Crippen MR) is 66.4 cm³/mol. The van der Waals surface area contributed by atoms with Gasteiger partial charge in [0.05, 0.1) is 13.2 Å². The van der Waals surface area contributed by atoms with Crippen molar-refractivity contribution in [2.45, 2.75) is 24.4 Å². The van der Waals surface area contributed by atoms with Gasteiger partial charge < -0.3 is 14.8 Å². The van der Waals surface area contributed by atoms with Gasteiger partial charge in [0.1, 0.15) is 0 Å². The number of carbonyl (C=O) groups is 1. The molecule has 1 aliphatic heterocycles. The molecule has 2 fully saturated rings. The van der Waals surface area contributed by atoms with E-state index >= 15 is 0 Å². The molecule has 2 aliphatic rings. The maximum Gasteiger partial charge on any atom is 0.407 e. The summed E-state index contributed by atoms with van der Waals surface area (Å²) in [5.74, 6) is 0. The van der Waals surface area contributed by atoms with Crippen LogP contribution in [-0.4, -0.2) is 32.0 Å². The van der Waals surface area contributed by atoms with Crippen LogP contribution in [0.15, 0.2) is 30.3 Å². The average molecular weight is 247 g/mol. The van der Waals surface area contributed by atoms with Crippen molar-refractivity contribution < 1.29 is 14.3 Å². The summed E-state index contributed by atoms with van der Waals surface area (Å²) in [6, 6.07) is 10.3. The van der Waals surface area contributed by atoms with E-state index in [9.17, 15) is 4.79 Å². The second-order valence-electron chi connectivity index (χ2n) is 5.06. The molecular weight excluding hydrogens is 230 g/mol. The van der Waals surface area contributed by atoms with Gasteiger partial charge in [0.15, 0.2) is 6.10 Å². The number of hydrogen-bond acceptors (Lipinski definition) is 3. The maximum atomic E-state index is 11.6. The third kappa shape index (κ3) is 2.34. The molecule has 4 nitrogen and oxygen atoms in total. The first-order valence-corrected chi connectivity index (χ1v) is 6.36. The van der Waals surface area contributed by atoms with Crippen LogP contribution in [0.5, 0.6) is 0 Å². The molecule has 0 unspecified atom stereocenters. The van der Waals surface area contributed by atoms with E-state index in [0.717, 1.165) is 12.8 Å². The SMILES string of the molecule is O=C(NCC1(c2ccccc2)CC1)OC1COC1. The lowest BCUT2D eigenvalue weighted by atomic mass is 9.96. The van der Waals surface area contributed by atoms with Crippen molar-refractivity contribution in [2.75, 3.05) is 19.8 Å². The normalized spacial score (nSPS) is 20.9. The molecule has 1 aliphatic carbocycles. The number of ether oxygens (including phenoxy) is 2. The first-order valence-electron chi connectivity index (χ1n) is 6.36. The summed E-state index contributed by atoms with van der Waals surface area (Å²) in [5.41, 5.74) is 1.44. The van der Waals surface area contributed by atoms with Gasteiger partial charge in [0, 0.05) is 12.0 Å². The highest BCUT2D eigenvalue weighted by atomic mass is 16.6. The van der Waals surface area contributed by atoms with Gasteiger partial charge in [-0.2, -0.15) is 0 Å². The Morgan fingerprint density at radius 1 is 1.33 bits per heavy atom. The number of rotatable bonds is 4. The highest BCUT2D eigenvalue weighted by Gasteiger charge is 2.44. The zero-order valence-electron chi connectivity index (χ0n) is 10.2. The summed E-state index contributed by atoms with van der Waals surface area (Å²) < 4.78 is 10.1. The van der Waals surface area contributed by atoms with Crippen molar-refractivity contribution >= 4 is 6.09 Å². The molecule has 18 heavy (non-hydrogen) atoms. The van der Waals surface area contributed by atoms with Crippen LogP contribution in [0.25, 0.3) is 0 Å². The smallest absolute Gasteiger partial charge is 0.407 e. The molecule has 1 saturated heterocycles. The molecule has 1 aromatic carbocycles. The molecule has 3 rings (SSSR count). The minimum Gasteiger partial charge on any atom is -0.441 e. The van der Waals surface area contributed by atoms with Gasteiger partial charge in [0.2, 0.25) is 0 Å². The van der Waals surface area contributed by atoms with E-state index in [1.165, 1.54) is 5.56 Å². The molecule has 1 aromatic rings. The molecule has 0 aromatic heterocycles. The Balaban J connectivity index is 1.52. The Morgan fingerprint density at radius 3 is 2.61 bits per heavy atom. The van der Waals surface area contributed by atoms with Crippen LogP contribution in [0.3, 0.4) is 0 Å². The zero-order valence-corrected chi connectivity index (χ0v) is 10.2. The van der Waals surface area contributed by atoms with Crippen molar-refractivity contribution in [3.63, 3.8) is 0 Å². The number of amides is 1. The van der Waals surface area contributed by atoms with Crippen molar-refractivity contribution in [2.24, 2.45) is 0 Å². The molecular formula is C14H17NO3. The Labute approximate surface area is 106 Å². The van der Waals surface area contributed by atoms with Gasteiger partial charge in [-0.1, -0.05) is 30.3 Å². The summed E-state index contributed by atoms with van der Waals surface area (Å²) in [6.07, 6.45) is 1.87. The third-order valence-electron chi connectivity index (χ3n) is 3.69. The fraction of sp³-hybridized carbons (Fsp3) is 0.500. The Morgan fingerprint density at radius 2 is 2.06 bits per heavy atom. The van der Waals surface area contributed by atoms with Gasteiger partial charge in [-0.15, -0.1) is 0 Å². The van der Waals surface area contributed by atoms with E-state index in [1.54, 1.807) is 0 Å². The molecule has 1 amide bonds. The largest absolute Gasteiger partial charge is 0.441 e. The van der Waals surface area contributed by atoms with Crippen LogP contribution >= 0.6 is 0 Å². The molecule has 1 N–H and O–H groups in total. The van der Waals surface area contributed by atoms with Crippen molar-refractivity contribution in [3.8, 4) is 0 Å². The van der Waals surface area contributed by atoms with Crippen LogP contribution < -0.4 is 5.32 Å². The summed E-state index contributed by atoms with van der Waals surface area (Å²) in [6.45, 7) is 1.71. The van der Waals surface area contributed by atoms with Gasteiger partial charge in [0.25, 0.3) is 0 Å². The van der Waals surface area contributed by atoms with Crippen LogP contribution in [-0.2, 0) is 14.9 Å². The van der Waals surface area contributed by atoms with E-state index < -0.39 is 0 Å². The lowest BCUT2D eigenvalue weighted by molar-refractivity contribution is -0.0979. The van der Waals surface area contributed by atoms with Crippen molar-refractivity contribution in [1.29, 1.82) is 0 Å². The number of hydrogen-bond donors (Lipinski definition) is 1. The van der Waals surface area contributed by atoms with E-state index in [0.29, 0.717) is 19.8 Å². The lowest BCUT2D eigenvalue weighted by Crippen LogP contribution is -2.42. The van der Waals surface area contributed by atoms with E-state index in [4.69, 9.17) is 9.47 Å². The predicted octanol–water partition coefficient (Wildman–Crippen LogP) is 1.84. The van der Waals surface area contributed by atoms with Crippen LogP contribution in [0, 0.1) is 0 Å². The lowest BCUT2D eigenvalue weighted by Gasteiger charge is -2.26. The summed E-state index contributed by atoms with van der Waals surface area (Å²) >= 11 is 0. The molecule has 1 heterocycles. The standard InChI is InChI=1S/C14H17NO3/c16-13(18-12-8-17-9-12)15-10-14(6-7-14)11-4-2-1-3-5-11/h1-5,12H,6-10H2,(H,15,16). The second kappa shape index (κ2) is 4.61. The molecule has 4 heteroatoms. The van der Waals surface area contributed by atoms with Gasteiger partial charge in [-0.05, 0) is 18.4 Å². The summed E-state index contributed by atoms with van der Waals surface area (Å²) in [5, 5.41) is 2.87. The Hall–Kier alpha value is -1.55. The summed E-state index contributed by atoms with van der Waals surface area (Å²) in [7, 11) is 0. The highest BCUT2D eigenvalue weighted by molar-refractivity contribution is 5.67. The molecule has 0 radical (unpaired) electrons.